The number of aliphatic carboxylic acids is 1. The van der Waals surface area contributed by atoms with E-state index in [4.69, 9.17) is 9.84 Å². The highest BCUT2D eigenvalue weighted by Gasteiger charge is 2.21. The first-order valence-corrected chi connectivity index (χ1v) is 11.7. The van der Waals surface area contributed by atoms with Crippen molar-refractivity contribution in [2.75, 3.05) is 30.3 Å². The topological polar surface area (TPSA) is 49.8 Å². The van der Waals surface area contributed by atoms with E-state index in [0.29, 0.717) is 11.0 Å². The fourth-order valence-corrected chi connectivity index (χ4v) is 5.36. The lowest BCUT2D eigenvalue weighted by atomic mass is 10.0. The van der Waals surface area contributed by atoms with Crippen LogP contribution < -0.4 is 9.64 Å². The van der Waals surface area contributed by atoms with Crippen LogP contribution in [-0.4, -0.2) is 36.5 Å². The molecule has 1 aliphatic heterocycles. The van der Waals surface area contributed by atoms with E-state index in [-0.39, 0.29) is 6.61 Å². The molecule has 31 heavy (non-hydrogen) atoms. The van der Waals surface area contributed by atoms with Gasteiger partial charge in [0.1, 0.15) is 5.75 Å². The summed E-state index contributed by atoms with van der Waals surface area (Å²) in [5.41, 5.74) is 4.94. The van der Waals surface area contributed by atoms with E-state index in [1.807, 2.05) is 23.9 Å². The maximum atomic E-state index is 10.9. The Hall–Kier alpha value is -2.92. The molecule has 0 bridgehead atoms. The Morgan fingerprint density at radius 3 is 2.29 bits per heavy atom. The zero-order chi connectivity index (χ0) is 21.5. The first-order valence-electron chi connectivity index (χ1n) is 10.7. The van der Waals surface area contributed by atoms with E-state index < -0.39 is 5.97 Å². The molecule has 0 unspecified atom stereocenters. The van der Waals surface area contributed by atoms with Gasteiger partial charge in [-0.2, -0.15) is 0 Å². The van der Waals surface area contributed by atoms with Crippen LogP contribution in [0.15, 0.2) is 78.9 Å². The zero-order valence-electron chi connectivity index (χ0n) is 17.4. The Kier molecular flexibility index (Phi) is 7.15. The SMILES string of the molecule is O=C(O)COc1cccc2c1CCCN2CCSC(c1ccccc1)c1ccccc1. The smallest absolute Gasteiger partial charge is 0.341 e. The highest BCUT2D eigenvalue weighted by molar-refractivity contribution is 7.99. The van der Waals surface area contributed by atoms with Crippen LogP contribution in [0.1, 0.15) is 28.4 Å². The Balaban J connectivity index is 1.46. The molecule has 3 aromatic rings. The molecule has 0 spiro atoms. The number of fused-ring (bicyclic) bond motifs is 1. The fraction of sp³-hybridized carbons (Fsp3) is 0.269. The number of anilines is 1. The second-order valence-corrected chi connectivity index (χ2v) is 8.81. The lowest BCUT2D eigenvalue weighted by Crippen LogP contribution is -2.31. The van der Waals surface area contributed by atoms with Crippen molar-refractivity contribution in [3.63, 3.8) is 0 Å². The summed E-state index contributed by atoms with van der Waals surface area (Å²) in [6, 6.07) is 27.3. The maximum absolute atomic E-state index is 10.9. The van der Waals surface area contributed by atoms with Crippen LogP contribution in [0.3, 0.4) is 0 Å². The number of hydrogen-bond acceptors (Lipinski definition) is 4. The van der Waals surface area contributed by atoms with E-state index in [1.165, 1.54) is 16.8 Å². The van der Waals surface area contributed by atoms with Crippen molar-refractivity contribution in [1.82, 2.24) is 0 Å². The average Bonchev–Trinajstić information content (AvgIpc) is 2.81. The minimum atomic E-state index is -0.950. The number of thioether (sulfide) groups is 1. The molecule has 3 aromatic carbocycles. The molecule has 5 heteroatoms. The van der Waals surface area contributed by atoms with Crippen LogP contribution >= 0.6 is 11.8 Å². The molecule has 0 atom stereocenters. The first kappa shape index (κ1) is 21.3. The Labute approximate surface area is 187 Å². The lowest BCUT2D eigenvalue weighted by molar-refractivity contribution is -0.139. The van der Waals surface area contributed by atoms with Gasteiger partial charge in [0.15, 0.2) is 6.61 Å². The van der Waals surface area contributed by atoms with Crippen molar-refractivity contribution >= 4 is 23.4 Å². The molecule has 0 fully saturated rings. The number of carboxylic acid groups (broad SMARTS) is 1. The standard InChI is InChI=1S/C26H27NO3S/c28-25(29)19-30-24-15-7-14-23-22(24)13-8-16-27(23)17-18-31-26(20-9-3-1-4-10-20)21-11-5-2-6-12-21/h1-7,9-12,14-15,26H,8,13,16-19H2,(H,28,29). The van der Waals surface area contributed by atoms with Crippen LogP contribution in [0.4, 0.5) is 5.69 Å². The predicted octanol–water partition coefficient (Wildman–Crippen LogP) is 5.43. The molecule has 1 heterocycles. The summed E-state index contributed by atoms with van der Waals surface area (Å²) in [6.07, 6.45) is 1.97. The molecule has 160 valence electrons. The number of hydrogen-bond donors (Lipinski definition) is 1. The van der Waals surface area contributed by atoms with Gasteiger partial charge in [-0.15, -0.1) is 11.8 Å². The van der Waals surface area contributed by atoms with Gasteiger partial charge in [0.05, 0.1) is 5.25 Å². The summed E-state index contributed by atoms with van der Waals surface area (Å²) in [5, 5.41) is 9.25. The minimum Gasteiger partial charge on any atom is -0.482 e. The van der Waals surface area contributed by atoms with E-state index in [2.05, 4.69) is 71.6 Å². The fourth-order valence-electron chi connectivity index (χ4n) is 4.10. The van der Waals surface area contributed by atoms with Crippen molar-refractivity contribution in [2.45, 2.75) is 18.1 Å². The average molecular weight is 434 g/mol. The van der Waals surface area contributed by atoms with Gasteiger partial charge in [-0.05, 0) is 36.1 Å². The normalized spacial score (nSPS) is 13.1. The molecule has 1 aliphatic rings. The van der Waals surface area contributed by atoms with Gasteiger partial charge in [-0.1, -0.05) is 66.7 Å². The van der Waals surface area contributed by atoms with Crippen LogP contribution in [0, 0.1) is 0 Å². The van der Waals surface area contributed by atoms with Gasteiger partial charge in [0.25, 0.3) is 0 Å². The maximum Gasteiger partial charge on any atom is 0.341 e. The van der Waals surface area contributed by atoms with Crippen molar-refractivity contribution in [1.29, 1.82) is 0 Å². The minimum absolute atomic E-state index is 0.303. The molecule has 0 aromatic heterocycles. The largest absolute Gasteiger partial charge is 0.482 e. The predicted molar refractivity (Wildman–Crippen MR) is 127 cm³/mol. The van der Waals surface area contributed by atoms with Crippen LogP contribution in [0.5, 0.6) is 5.75 Å². The summed E-state index contributed by atoms with van der Waals surface area (Å²) in [6.45, 7) is 1.65. The number of carbonyl (C=O) groups is 1. The van der Waals surface area contributed by atoms with E-state index >= 15 is 0 Å². The molecule has 4 nitrogen and oxygen atoms in total. The highest BCUT2D eigenvalue weighted by atomic mass is 32.2. The van der Waals surface area contributed by atoms with Crippen LogP contribution in [0.25, 0.3) is 0 Å². The second-order valence-electron chi connectivity index (χ2n) is 7.60. The van der Waals surface area contributed by atoms with E-state index in [0.717, 1.165) is 37.2 Å². The summed E-state index contributed by atoms with van der Waals surface area (Å²) in [7, 11) is 0. The van der Waals surface area contributed by atoms with E-state index in [9.17, 15) is 4.79 Å². The first-order chi connectivity index (χ1) is 15.2. The van der Waals surface area contributed by atoms with Gasteiger partial charge in [-0.25, -0.2) is 4.79 Å². The molecule has 0 radical (unpaired) electrons. The Bertz CT molecular complexity index is 955. The van der Waals surface area contributed by atoms with Gasteiger partial charge in [-0.3, -0.25) is 0 Å². The lowest BCUT2D eigenvalue weighted by Gasteiger charge is -2.32. The molecular formula is C26H27NO3S. The second kappa shape index (κ2) is 10.4. The zero-order valence-corrected chi connectivity index (χ0v) is 18.3. The van der Waals surface area contributed by atoms with E-state index in [1.54, 1.807) is 0 Å². The number of nitrogens with zero attached hydrogens (tertiary/aromatic N) is 1. The third-order valence-electron chi connectivity index (χ3n) is 5.51. The molecule has 4 rings (SSSR count). The molecular weight excluding hydrogens is 406 g/mol. The quantitative estimate of drug-likeness (QED) is 0.488. The molecule has 0 amide bonds. The highest BCUT2D eigenvalue weighted by Crippen LogP contribution is 2.37. The van der Waals surface area contributed by atoms with Gasteiger partial charge >= 0.3 is 5.97 Å². The van der Waals surface area contributed by atoms with Gasteiger partial charge in [0.2, 0.25) is 0 Å². The van der Waals surface area contributed by atoms with Gasteiger partial charge < -0.3 is 14.7 Å². The molecule has 0 saturated heterocycles. The Morgan fingerprint density at radius 1 is 0.968 bits per heavy atom. The number of rotatable bonds is 9. The number of carboxylic acids is 1. The van der Waals surface area contributed by atoms with Crippen molar-refractivity contribution < 1.29 is 14.6 Å². The van der Waals surface area contributed by atoms with Crippen molar-refractivity contribution in [3.05, 3.63) is 95.6 Å². The number of benzene rings is 3. The monoisotopic (exact) mass is 433 g/mol. The summed E-state index contributed by atoms with van der Waals surface area (Å²) >= 11 is 1.96. The van der Waals surface area contributed by atoms with Crippen LogP contribution in [-0.2, 0) is 11.2 Å². The third kappa shape index (κ3) is 5.42. The summed E-state index contributed by atoms with van der Waals surface area (Å²) in [4.78, 5) is 13.3. The molecule has 0 saturated carbocycles. The third-order valence-corrected chi connectivity index (χ3v) is 6.80. The Morgan fingerprint density at radius 2 is 1.65 bits per heavy atom. The van der Waals surface area contributed by atoms with Crippen molar-refractivity contribution in [2.24, 2.45) is 0 Å². The van der Waals surface area contributed by atoms with Gasteiger partial charge in [0, 0.05) is 30.1 Å². The number of ether oxygens (including phenoxy) is 1. The summed E-state index contributed by atoms with van der Waals surface area (Å²) in [5.74, 6) is 0.743. The molecule has 1 N–H and O–H groups in total. The van der Waals surface area contributed by atoms with Crippen molar-refractivity contribution in [3.8, 4) is 5.75 Å². The molecule has 0 aliphatic carbocycles. The van der Waals surface area contributed by atoms with Crippen LogP contribution in [0.2, 0.25) is 0 Å². The summed E-state index contributed by atoms with van der Waals surface area (Å²) < 4.78 is 5.54.